The first-order chi connectivity index (χ1) is 15.5. The number of aryl methyl sites for hydroxylation is 1. The van der Waals surface area contributed by atoms with Crippen LogP contribution in [-0.4, -0.2) is 31.1 Å². The maximum atomic E-state index is 12.9. The van der Waals surface area contributed by atoms with Crippen molar-refractivity contribution >= 4 is 46.0 Å². The topological polar surface area (TPSA) is 81.3 Å². The number of amides is 1. The van der Waals surface area contributed by atoms with Crippen molar-refractivity contribution < 1.29 is 4.79 Å². The highest BCUT2D eigenvalue weighted by molar-refractivity contribution is 7.98. The zero-order valence-corrected chi connectivity index (χ0v) is 19.1. The average Bonchev–Trinajstić information content (AvgIpc) is 3.46. The van der Waals surface area contributed by atoms with Crippen molar-refractivity contribution in [3.05, 3.63) is 69.0 Å². The van der Waals surface area contributed by atoms with Gasteiger partial charge < -0.3 is 5.32 Å². The molecule has 2 aromatic heterocycles. The normalized spacial score (nSPS) is 14.4. The molecule has 4 aromatic rings. The van der Waals surface area contributed by atoms with E-state index in [-0.39, 0.29) is 17.5 Å². The quantitative estimate of drug-likeness (QED) is 0.445. The minimum Gasteiger partial charge on any atom is -0.349 e. The van der Waals surface area contributed by atoms with Crippen molar-refractivity contribution in [1.29, 1.82) is 0 Å². The molecule has 9 heteroatoms. The van der Waals surface area contributed by atoms with Gasteiger partial charge in [0.15, 0.2) is 5.16 Å². The lowest BCUT2D eigenvalue weighted by molar-refractivity contribution is 0.0938. The number of fused-ring (bicyclic) bond motifs is 3. The van der Waals surface area contributed by atoms with E-state index >= 15 is 0 Å². The summed E-state index contributed by atoms with van der Waals surface area (Å²) >= 11 is 7.61. The molecule has 1 amide bonds. The number of carbonyl (C=O) groups is 1. The molecule has 164 valence electrons. The predicted molar refractivity (Wildman–Crippen MR) is 126 cm³/mol. The summed E-state index contributed by atoms with van der Waals surface area (Å²) in [5.41, 5.74) is 2.04. The van der Waals surface area contributed by atoms with Gasteiger partial charge >= 0.3 is 0 Å². The van der Waals surface area contributed by atoms with Crippen molar-refractivity contribution in [2.75, 3.05) is 0 Å². The molecule has 0 saturated heterocycles. The van der Waals surface area contributed by atoms with Gasteiger partial charge in [-0.05, 0) is 48.7 Å². The molecule has 0 spiro atoms. The highest BCUT2D eigenvalue weighted by Crippen LogP contribution is 2.26. The van der Waals surface area contributed by atoms with E-state index in [1.165, 1.54) is 16.3 Å². The Morgan fingerprint density at radius 1 is 1.19 bits per heavy atom. The highest BCUT2D eigenvalue weighted by atomic mass is 35.5. The van der Waals surface area contributed by atoms with Crippen molar-refractivity contribution in [1.82, 2.24) is 24.5 Å². The second-order valence-electron chi connectivity index (χ2n) is 8.09. The highest BCUT2D eigenvalue weighted by Gasteiger charge is 2.20. The minimum absolute atomic E-state index is 0.117. The van der Waals surface area contributed by atoms with Crippen LogP contribution >= 0.6 is 23.4 Å². The summed E-state index contributed by atoms with van der Waals surface area (Å²) in [4.78, 5) is 25.7. The third-order valence-corrected chi connectivity index (χ3v) is 7.13. The molecule has 0 atom stereocenters. The zero-order valence-electron chi connectivity index (χ0n) is 17.5. The summed E-state index contributed by atoms with van der Waals surface area (Å²) in [6.07, 6.45) is 4.32. The number of nitrogens with zero attached hydrogens (tertiary/aromatic N) is 4. The van der Waals surface area contributed by atoms with Crippen LogP contribution in [0.15, 0.2) is 52.4 Å². The molecule has 0 radical (unpaired) electrons. The van der Waals surface area contributed by atoms with Gasteiger partial charge in [0.2, 0.25) is 5.78 Å². The molecule has 0 bridgehead atoms. The Morgan fingerprint density at radius 3 is 2.78 bits per heavy atom. The third kappa shape index (κ3) is 3.89. The number of nitrogens with one attached hydrogen (secondary N) is 1. The molecule has 5 rings (SSSR count). The largest absolute Gasteiger partial charge is 0.349 e. The number of hydrogen-bond acceptors (Lipinski definition) is 5. The fourth-order valence-electron chi connectivity index (χ4n) is 4.21. The van der Waals surface area contributed by atoms with Gasteiger partial charge in [-0.25, -0.2) is 0 Å². The van der Waals surface area contributed by atoms with E-state index in [4.69, 9.17) is 11.6 Å². The maximum absolute atomic E-state index is 12.9. The van der Waals surface area contributed by atoms with Gasteiger partial charge in [-0.1, -0.05) is 48.3 Å². The van der Waals surface area contributed by atoms with Crippen molar-refractivity contribution in [3.63, 3.8) is 0 Å². The monoisotopic (exact) mass is 467 g/mol. The summed E-state index contributed by atoms with van der Waals surface area (Å²) < 4.78 is 3.33. The lowest BCUT2D eigenvalue weighted by Gasteiger charge is -2.13. The Labute approximate surface area is 193 Å². The summed E-state index contributed by atoms with van der Waals surface area (Å²) in [6.45, 7) is 0. The van der Waals surface area contributed by atoms with Crippen molar-refractivity contribution in [2.45, 2.75) is 42.6 Å². The van der Waals surface area contributed by atoms with E-state index in [0.717, 1.165) is 31.2 Å². The molecule has 0 aliphatic heterocycles. The van der Waals surface area contributed by atoms with E-state index in [0.29, 0.717) is 38.2 Å². The molecule has 2 heterocycles. The lowest BCUT2D eigenvalue weighted by Crippen LogP contribution is -2.32. The number of rotatable bonds is 5. The molecule has 1 N–H and O–H groups in total. The molecule has 2 aromatic carbocycles. The zero-order chi connectivity index (χ0) is 22.2. The Morgan fingerprint density at radius 2 is 2.00 bits per heavy atom. The fourth-order valence-corrected chi connectivity index (χ4v) is 5.30. The molecule has 1 fully saturated rings. The van der Waals surface area contributed by atoms with Gasteiger partial charge in [0.1, 0.15) is 0 Å². The second kappa shape index (κ2) is 8.60. The number of halogens is 1. The summed E-state index contributed by atoms with van der Waals surface area (Å²) in [6, 6.07) is 13.1. The molecular weight excluding hydrogens is 446 g/mol. The van der Waals surface area contributed by atoms with Gasteiger partial charge in [0.05, 0.1) is 10.9 Å². The van der Waals surface area contributed by atoms with E-state index in [1.54, 1.807) is 25.2 Å². The third-order valence-electron chi connectivity index (χ3n) is 5.90. The average molecular weight is 468 g/mol. The minimum atomic E-state index is -0.172. The standard InChI is InChI=1S/C23H22ClN5O2S/c1-28-21(31)18-10-9-15(20(30)25-17-7-2-3-8-17)12-19(18)29-22(28)26-27-23(29)32-13-14-5-4-6-16(24)11-14/h4-6,9-12,17H,2-3,7-8,13H2,1H3,(H,25,30). The van der Waals surface area contributed by atoms with E-state index in [1.807, 2.05) is 28.7 Å². The Balaban J connectivity index is 1.56. The number of thioether (sulfide) groups is 1. The first-order valence-electron chi connectivity index (χ1n) is 10.6. The Bertz CT molecular complexity index is 1390. The van der Waals surface area contributed by atoms with Crippen molar-refractivity contribution in [3.8, 4) is 0 Å². The number of benzene rings is 2. The number of carbonyl (C=O) groups excluding carboxylic acids is 1. The molecule has 32 heavy (non-hydrogen) atoms. The second-order valence-corrected chi connectivity index (χ2v) is 9.47. The predicted octanol–water partition coefficient (Wildman–Crippen LogP) is 4.20. The van der Waals surface area contributed by atoms with Gasteiger partial charge in [-0.2, -0.15) is 0 Å². The van der Waals surface area contributed by atoms with Gasteiger partial charge in [0.25, 0.3) is 11.5 Å². The molecule has 1 saturated carbocycles. The summed E-state index contributed by atoms with van der Waals surface area (Å²) in [7, 11) is 1.68. The molecule has 1 aliphatic carbocycles. The lowest BCUT2D eigenvalue weighted by atomic mass is 10.1. The first-order valence-corrected chi connectivity index (χ1v) is 11.9. The van der Waals surface area contributed by atoms with Crippen LogP contribution in [0.5, 0.6) is 0 Å². The van der Waals surface area contributed by atoms with Crippen LogP contribution < -0.4 is 10.9 Å². The molecule has 7 nitrogen and oxygen atoms in total. The smallest absolute Gasteiger partial charge is 0.262 e. The number of hydrogen-bond donors (Lipinski definition) is 1. The first kappa shape index (κ1) is 21.0. The van der Waals surface area contributed by atoms with E-state index in [2.05, 4.69) is 15.5 Å². The van der Waals surface area contributed by atoms with Crippen LogP contribution in [0.2, 0.25) is 5.02 Å². The molecule has 1 aliphatic rings. The van der Waals surface area contributed by atoms with E-state index < -0.39 is 0 Å². The van der Waals surface area contributed by atoms with Crippen LogP contribution in [0.1, 0.15) is 41.6 Å². The van der Waals surface area contributed by atoms with Gasteiger partial charge in [0, 0.05) is 29.4 Å². The fraction of sp³-hybridized carbons (Fsp3) is 0.304. The van der Waals surface area contributed by atoms with Gasteiger partial charge in [-0.15, -0.1) is 10.2 Å². The maximum Gasteiger partial charge on any atom is 0.262 e. The summed E-state index contributed by atoms with van der Waals surface area (Å²) in [5, 5.41) is 13.5. The Kier molecular flexibility index (Phi) is 5.65. The summed E-state index contributed by atoms with van der Waals surface area (Å²) in [5.74, 6) is 0.964. The van der Waals surface area contributed by atoms with Crippen LogP contribution in [0.25, 0.3) is 16.7 Å². The van der Waals surface area contributed by atoms with Gasteiger partial charge in [-0.3, -0.25) is 18.6 Å². The van der Waals surface area contributed by atoms with Crippen LogP contribution in [0.3, 0.4) is 0 Å². The SMILES string of the molecule is Cn1c(=O)c2ccc(C(=O)NC3CCCC3)cc2n2c(SCc3cccc(Cl)c3)nnc12. The van der Waals surface area contributed by atoms with E-state index in [9.17, 15) is 9.59 Å². The van der Waals surface area contributed by atoms with Crippen LogP contribution in [-0.2, 0) is 12.8 Å². The van der Waals surface area contributed by atoms with Crippen LogP contribution in [0.4, 0.5) is 0 Å². The molecule has 0 unspecified atom stereocenters. The van der Waals surface area contributed by atoms with Crippen LogP contribution in [0, 0.1) is 0 Å². The Hall–Kier alpha value is -2.84. The van der Waals surface area contributed by atoms with Crippen molar-refractivity contribution in [2.24, 2.45) is 7.05 Å². The molecular formula is C23H22ClN5O2S. The number of aromatic nitrogens is 4.